The first kappa shape index (κ1) is 16.1. The molecule has 2 aliphatic rings. The molecular formula is C19H17NO4S. The predicted octanol–water partition coefficient (Wildman–Crippen LogP) is 4.49. The summed E-state index contributed by atoms with van der Waals surface area (Å²) in [6.45, 7) is 1.87. The van der Waals surface area contributed by atoms with Gasteiger partial charge in [-0.1, -0.05) is 30.0 Å². The normalized spacial score (nSPS) is 27.3. The molecule has 25 heavy (non-hydrogen) atoms. The van der Waals surface area contributed by atoms with Crippen LogP contribution in [-0.4, -0.2) is 15.6 Å². The number of thioether (sulfide) groups is 1. The van der Waals surface area contributed by atoms with Crippen molar-refractivity contribution >= 4 is 23.2 Å². The summed E-state index contributed by atoms with van der Waals surface area (Å²) >= 11 is 1.54. The molecule has 0 amide bonds. The second-order valence-corrected chi connectivity index (χ2v) is 7.94. The fourth-order valence-electron chi connectivity index (χ4n) is 3.84. The highest BCUT2D eigenvalue weighted by atomic mass is 32.2. The summed E-state index contributed by atoms with van der Waals surface area (Å²) in [6, 6.07) is 14.4. The lowest BCUT2D eigenvalue weighted by atomic mass is 9.68. The molecule has 1 aliphatic carbocycles. The van der Waals surface area contributed by atoms with Crippen LogP contribution < -0.4 is 4.74 Å². The molecular weight excluding hydrogens is 338 g/mol. The highest BCUT2D eigenvalue weighted by Gasteiger charge is 2.63. The monoisotopic (exact) mass is 355 g/mol. The standard InChI is InChI=1S/C19H17NO4S/c1-18-15-12-13(20(22)23)9-10-16(15)24-19(18,11-5-8-17(18)21)25-14-6-3-2-4-7-14/h2-4,6-7,9-10,12H,5,8,11H2,1H3. The van der Waals surface area contributed by atoms with Crippen LogP contribution in [0, 0.1) is 10.1 Å². The first-order valence-corrected chi connectivity index (χ1v) is 9.03. The summed E-state index contributed by atoms with van der Waals surface area (Å²) in [5.74, 6) is 0.660. The van der Waals surface area contributed by atoms with E-state index in [4.69, 9.17) is 4.74 Å². The van der Waals surface area contributed by atoms with Gasteiger partial charge >= 0.3 is 0 Å². The van der Waals surface area contributed by atoms with Crippen molar-refractivity contribution in [3.8, 4) is 5.75 Å². The predicted molar refractivity (Wildman–Crippen MR) is 95.0 cm³/mol. The summed E-state index contributed by atoms with van der Waals surface area (Å²) < 4.78 is 6.33. The summed E-state index contributed by atoms with van der Waals surface area (Å²) in [7, 11) is 0. The van der Waals surface area contributed by atoms with E-state index in [-0.39, 0.29) is 11.5 Å². The number of hydrogen-bond acceptors (Lipinski definition) is 5. The van der Waals surface area contributed by atoms with E-state index in [0.29, 0.717) is 17.7 Å². The van der Waals surface area contributed by atoms with Gasteiger partial charge in [0.15, 0.2) is 4.93 Å². The van der Waals surface area contributed by atoms with Crippen LogP contribution in [0.3, 0.4) is 0 Å². The minimum atomic E-state index is -0.896. The van der Waals surface area contributed by atoms with E-state index in [0.717, 1.165) is 17.7 Å². The molecule has 2 unspecified atom stereocenters. The number of nitrogens with zero attached hydrogens (tertiary/aromatic N) is 1. The van der Waals surface area contributed by atoms with Crippen LogP contribution in [0.4, 0.5) is 5.69 Å². The number of non-ortho nitro benzene ring substituents is 1. The first-order valence-electron chi connectivity index (χ1n) is 8.22. The van der Waals surface area contributed by atoms with Gasteiger partial charge in [0.25, 0.3) is 5.69 Å². The molecule has 128 valence electrons. The second kappa shape index (κ2) is 5.59. The van der Waals surface area contributed by atoms with Gasteiger partial charge in [0.2, 0.25) is 0 Å². The van der Waals surface area contributed by atoms with E-state index in [1.54, 1.807) is 17.8 Å². The number of ether oxygens (including phenoxy) is 1. The lowest BCUT2D eigenvalue weighted by molar-refractivity contribution is -0.384. The van der Waals surface area contributed by atoms with Gasteiger partial charge in [0, 0.05) is 29.0 Å². The Bertz CT molecular complexity index is 869. The van der Waals surface area contributed by atoms with Gasteiger partial charge < -0.3 is 4.74 Å². The Kier molecular flexibility index (Phi) is 3.61. The maximum atomic E-state index is 13.0. The molecule has 0 N–H and O–H groups in total. The number of nitro benzene ring substituents is 1. The second-order valence-electron chi connectivity index (χ2n) is 6.61. The number of fused-ring (bicyclic) bond motifs is 3. The number of hydrogen-bond donors (Lipinski definition) is 0. The van der Waals surface area contributed by atoms with Gasteiger partial charge in [-0.15, -0.1) is 0 Å². The number of carbonyl (C=O) groups excluding carboxylic acids is 1. The van der Waals surface area contributed by atoms with Crippen LogP contribution >= 0.6 is 11.8 Å². The Morgan fingerprint density at radius 2 is 1.96 bits per heavy atom. The zero-order valence-corrected chi connectivity index (χ0v) is 14.5. The molecule has 2 atom stereocenters. The number of ketones is 1. The Morgan fingerprint density at radius 3 is 2.68 bits per heavy atom. The Morgan fingerprint density at radius 1 is 1.20 bits per heavy atom. The number of nitro groups is 1. The summed E-state index contributed by atoms with van der Waals surface area (Å²) in [5, 5.41) is 11.2. The fourth-order valence-corrected chi connectivity index (χ4v) is 5.32. The van der Waals surface area contributed by atoms with Crippen molar-refractivity contribution in [1.82, 2.24) is 0 Å². The van der Waals surface area contributed by atoms with Crippen molar-refractivity contribution < 1.29 is 14.5 Å². The molecule has 2 aromatic rings. The molecule has 0 aromatic heterocycles. The van der Waals surface area contributed by atoms with Crippen molar-refractivity contribution in [2.45, 2.75) is 41.4 Å². The molecule has 1 aliphatic heterocycles. The van der Waals surface area contributed by atoms with Crippen molar-refractivity contribution in [2.75, 3.05) is 0 Å². The average Bonchev–Trinajstić information content (AvgIpc) is 2.86. The van der Waals surface area contributed by atoms with Gasteiger partial charge in [0.1, 0.15) is 16.9 Å². The fraction of sp³-hybridized carbons (Fsp3) is 0.316. The van der Waals surface area contributed by atoms with Crippen molar-refractivity contribution in [3.05, 3.63) is 64.2 Å². The van der Waals surface area contributed by atoms with Gasteiger partial charge in [-0.3, -0.25) is 14.9 Å². The molecule has 1 heterocycles. The largest absolute Gasteiger partial charge is 0.475 e. The molecule has 0 saturated heterocycles. The van der Waals surface area contributed by atoms with Crippen LogP contribution in [0.25, 0.3) is 0 Å². The van der Waals surface area contributed by atoms with Gasteiger partial charge in [-0.05, 0) is 38.0 Å². The highest BCUT2D eigenvalue weighted by molar-refractivity contribution is 8.00. The molecule has 1 saturated carbocycles. The molecule has 0 bridgehead atoms. The molecule has 2 aromatic carbocycles. The lowest BCUT2D eigenvalue weighted by Crippen LogP contribution is -2.54. The highest BCUT2D eigenvalue weighted by Crippen LogP contribution is 2.61. The quantitative estimate of drug-likeness (QED) is 0.599. The molecule has 1 fully saturated rings. The van der Waals surface area contributed by atoms with Crippen molar-refractivity contribution in [2.24, 2.45) is 0 Å². The third-order valence-electron chi connectivity index (χ3n) is 5.24. The zero-order valence-electron chi connectivity index (χ0n) is 13.7. The van der Waals surface area contributed by atoms with Crippen molar-refractivity contribution in [3.63, 3.8) is 0 Å². The third-order valence-corrected chi connectivity index (χ3v) is 6.78. The Balaban J connectivity index is 1.86. The van der Waals surface area contributed by atoms with E-state index in [1.165, 1.54) is 12.1 Å². The molecule has 6 heteroatoms. The topological polar surface area (TPSA) is 69.4 Å². The Hall–Kier alpha value is -2.34. The maximum absolute atomic E-state index is 13.0. The smallest absolute Gasteiger partial charge is 0.270 e. The van der Waals surface area contributed by atoms with E-state index in [1.807, 2.05) is 37.3 Å². The molecule has 5 nitrogen and oxygen atoms in total. The summed E-state index contributed by atoms with van der Waals surface area (Å²) in [5.41, 5.74) is -0.273. The van der Waals surface area contributed by atoms with Crippen molar-refractivity contribution in [1.29, 1.82) is 0 Å². The average molecular weight is 355 g/mol. The van der Waals surface area contributed by atoms with Crippen LogP contribution in [0.15, 0.2) is 53.4 Å². The minimum absolute atomic E-state index is 0.0116. The zero-order chi connectivity index (χ0) is 17.7. The van der Waals surface area contributed by atoms with Gasteiger partial charge in [0.05, 0.1) is 4.92 Å². The first-order chi connectivity index (χ1) is 12.0. The molecule has 4 rings (SSSR count). The SMILES string of the molecule is CC12C(=O)CCCC1(Sc1ccccc1)Oc1ccc([N+](=O)[O-])cc12. The summed E-state index contributed by atoms with van der Waals surface area (Å²) in [6.07, 6.45) is 1.95. The lowest BCUT2D eigenvalue weighted by Gasteiger charge is -2.44. The molecule has 0 radical (unpaired) electrons. The van der Waals surface area contributed by atoms with E-state index < -0.39 is 15.3 Å². The van der Waals surface area contributed by atoms with Gasteiger partial charge in [-0.2, -0.15) is 0 Å². The third kappa shape index (κ3) is 2.28. The number of benzene rings is 2. The number of Topliss-reactive ketones (excluding diaryl/α,β-unsaturated/α-hetero) is 1. The van der Waals surface area contributed by atoms with Crippen LogP contribution in [-0.2, 0) is 10.2 Å². The van der Waals surface area contributed by atoms with E-state index >= 15 is 0 Å². The van der Waals surface area contributed by atoms with E-state index in [9.17, 15) is 14.9 Å². The van der Waals surface area contributed by atoms with Crippen LogP contribution in [0.5, 0.6) is 5.75 Å². The minimum Gasteiger partial charge on any atom is -0.475 e. The number of carbonyl (C=O) groups is 1. The van der Waals surface area contributed by atoms with E-state index in [2.05, 4.69) is 0 Å². The van der Waals surface area contributed by atoms with Crippen LogP contribution in [0.2, 0.25) is 0 Å². The molecule has 0 spiro atoms. The Labute approximate surface area is 149 Å². The van der Waals surface area contributed by atoms with Crippen LogP contribution in [0.1, 0.15) is 31.7 Å². The van der Waals surface area contributed by atoms with Gasteiger partial charge in [-0.25, -0.2) is 0 Å². The maximum Gasteiger partial charge on any atom is 0.270 e. The summed E-state index contributed by atoms with van der Waals surface area (Å²) in [4.78, 5) is 24.0. The number of rotatable bonds is 3.